The molecule has 0 radical (unpaired) electrons. The molecule has 1 atom stereocenters. The summed E-state index contributed by atoms with van der Waals surface area (Å²) >= 11 is 0. The Morgan fingerprint density at radius 2 is 1.81 bits per heavy atom. The molecule has 120 valence electrons. The van der Waals surface area contributed by atoms with Gasteiger partial charge in [0.05, 0.1) is 10.5 Å². The summed E-state index contributed by atoms with van der Waals surface area (Å²) in [6, 6.07) is 3.03. The lowest BCUT2D eigenvalue weighted by Crippen LogP contribution is -2.48. The lowest BCUT2D eigenvalue weighted by Gasteiger charge is -2.30. The molecule has 1 unspecified atom stereocenters. The van der Waals surface area contributed by atoms with Crippen molar-refractivity contribution < 1.29 is 21.6 Å². The minimum atomic E-state index is -4.59. The average molecular weight is 324 g/mol. The molecule has 0 aromatic heterocycles. The van der Waals surface area contributed by atoms with Crippen LogP contribution < -0.4 is 10.5 Å². The lowest BCUT2D eigenvalue weighted by molar-refractivity contribution is -0.137. The van der Waals surface area contributed by atoms with Crippen LogP contribution in [0.3, 0.4) is 0 Å². The van der Waals surface area contributed by atoms with Crippen LogP contribution in [0.1, 0.15) is 26.3 Å². The lowest BCUT2D eigenvalue weighted by atomic mass is 9.88. The fourth-order valence-corrected chi connectivity index (χ4v) is 3.17. The van der Waals surface area contributed by atoms with Gasteiger partial charge in [0.15, 0.2) is 0 Å². The maximum absolute atomic E-state index is 12.6. The molecule has 0 fully saturated rings. The van der Waals surface area contributed by atoms with E-state index < -0.39 is 38.1 Å². The molecule has 0 saturated heterocycles. The van der Waals surface area contributed by atoms with Crippen molar-refractivity contribution in [2.45, 2.75) is 37.9 Å². The standard InChI is InChI=1S/C13H19F3N2O2S/c1-12(2,3)11(8-17)18-21(19,20)10-6-4-5-9(7-10)13(14,15)16/h4-7,11,18H,8,17H2,1-3H3. The molecular weight excluding hydrogens is 305 g/mol. The molecular formula is C13H19F3N2O2S. The van der Waals surface area contributed by atoms with Crippen LogP contribution >= 0.6 is 0 Å². The number of halogens is 3. The van der Waals surface area contributed by atoms with Crippen LogP contribution in [0.4, 0.5) is 13.2 Å². The normalized spacial score (nSPS) is 15.0. The van der Waals surface area contributed by atoms with Gasteiger partial charge in [-0.25, -0.2) is 13.1 Å². The third kappa shape index (κ3) is 4.69. The summed E-state index contributed by atoms with van der Waals surface area (Å²) in [4.78, 5) is -0.431. The first-order valence-corrected chi connectivity index (χ1v) is 7.76. The fourth-order valence-electron chi connectivity index (χ4n) is 1.67. The van der Waals surface area contributed by atoms with E-state index in [1.165, 1.54) is 0 Å². The highest BCUT2D eigenvalue weighted by Crippen LogP contribution is 2.30. The maximum Gasteiger partial charge on any atom is 0.416 e. The second kappa shape index (κ2) is 5.94. The highest BCUT2D eigenvalue weighted by atomic mass is 32.2. The molecule has 0 bridgehead atoms. The van der Waals surface area contributed by atoms with Gasteiger partial charge < -0.3 is 5.73 Å². The van der Waals surface area contributed by atoms with Crippen molar-refractivity contribution >= 4 is 10.0 Å². The van der Waals surface area contributed by atoms with E-state index in [9.17, 15) is 21.6 Å². The van der Waals surface area contributed by atoms with E-state index in [4.69, 9.17) is 5.73 Å². The van der Waals surface area contributed by atoms with Crippen molar-refractivity contribution in [3.8, 4) is 0 Å². The highest BCUT2D eigenvalue weighted by Gasteiger charge is 2.33. The average Bonchev–Trinajstić information content (AvgIpc) is 2.34. The smallest absolute Gasteiger partial charge is 0.329 e. The van der Waals surface area contributed by atoms with Gasteiger partial charge in [0.2, 0.25) is 10.0 Å². The molecule has 4 nitrogen and oxygen atoms in total. The van der Waals surface area contributed by atoms with Crippen LogP contribution in [-0.2, 0) is 16.2 Å². The minimum absolute atomic E-state index is 0.0433. The second-order valence-corrected chi connectivity index (χ2v) is 7.52. The molecule has 21 heavy (non-hydrogen) atoms. The van der Waals surface area contributed by atoms with Crippen LogP contribution in [0.5, 0.6) is 0 Å². The molecule has 0 aliphatic carbocycles. The Morgan fingerprint density at radius 3 is 2.24 bits per heavy atom. The van der Waals surface area contributed by atoms with Gasteiger partial charge in [-0.3, -0.25) is 0 Å². The first kappa shape index (κ1) is 17.9. The van der Waals surface area contributed by atoms with Crippen molar-refractivity contribution in [3.05, 3.63) is 29.8 Å². The van der Waals surface area contributed by atoms with Crippen molar-refractivity contribution in [2.75, 3.05) is 6.54 Å². The molecule has 1 rings (SSSR count). The van der Waals surface area contributed by atoms with Gasteiger partial charge in [0.25, 0.3) is 0 Å². The fraction of sp³-hybridized carbons (Fsp3) is 0.538. The number of nitrogens with two attached hydrogens (primary N) is 1. The molecule has 0 aliphatic heterocycles. The zero-order valence-corrected chi connectivity index (χ0v) is 12.8. The van der Waals surface area contributed by atoms with Crippen LogP contribution in [0.15, 0.2) is 29.2 Å². The van der Waals surface area contributed by atoms with Crippen molar-refractivity contribution in [1.82, 2.24) is 4.72 Å². The molecule has 1 aromatic rings. The van der Waals surface area contributed by atoms with Gasteiger partial charge >= 0.3 is 6.18 Å². The van der Waals surface area contributed by atoms with Gasteiger partial charge in [0, 0.05) is 12.6 Å². The number of hydrogen-bond donors (Lipinski definition) is 2. The summed E-state index contributed by atoms with van der Waals surface area (Å²) in [6.07, 6.45) is -4.59. The van der Waals surface area contributed by atoms with E-state index in [1.54, 1.807) is 20.8 Å². The Kier molecular flexibility index (Phi) is 5.07. The molecule has 0 spiro atoms. The van der Waals surface area contributed by atoms with Gasteiger partial charge in [0.1, 0.15) is 0 Å². The van der Waals surface area contributed by atoms with Crippen molar-refractivity contribution in [3.63, 3.8) is 0 Å². The van der Waals surface area contributed by atoms with Crippen molar-refractivity contribution in [1.29, 1.82) is 0 Å². The molecule has 1 aromatic carbocycles. The van der Waals surface area contributed by atoms with E-state index in [0.717, 1.165) is 18.2 Å². The summed E-state index contributed by atoms with van der Waals surface area (Å²) in [6.45, 7) is 5.42. The Morgan fingerprint density at radius 1 is 1.24 bits per heavy atom. The van der Waals surface area contributed by atoms with E-state index in [-0.39, 0.29) is 6.54 Å². The summed E-state index contributed by atoms with van der Waals surface area (Å²) in [5, 5.41) is 0. The monoisotopic (exact) mass is 324 g/mol. The Balaban J connectivity index is 3.15. The zero-order valence-electron chi connectivity index (χ0n) is 12.0. The number of nitrogens with one attached hydrogen (secondary N) is 1. The van der Waals surface area contributed by atoms with Crippen LogP contribution in [0, 0.1) is 5.41 Å². The van der Waals surface area contributed by atoms with E-state index in [0.29, 0.717) is 6.07 Å². The summed E-state index contributed by atoms with van der Waals surface area (Å²) < 4.78 is 64.7. The number of hydrogen-bond acceptors (Lipinski definition) is 3. The molecule has 0 amide bonds. The number of benzene rings is 1. The Bertz CT molecular complexity index is 592. The maximum atomic E-state index is 12.6. The van der Waals surface area contributed by atoms with Gasteiger partial charge in [-0.05, 0) is 23.6 Å². The Labute approximate surface area is 122 Å². The van der Waals surface area contributed by atoms with E-state index in [2.05, 4.69) is 4.72 Å². The first-order chi connectivity index (χ1) is 9.38. The summed E-state index contributed by atoms with van der Waals surface area (Å²) in [5.41, 5.74) is 4.07. The van der Waals surface area contributed by atoms with E-state index in [1.807, 2.05) is 0 Å². The number of rotatable bonds is 4. The molecule has 0 saturated carbocycles. The molecule has 8 heteroatoms. The van der Waals surface area contributed by atoms with Crippen LogP contribution in [0.25, 0.3) is 0 Å². The first-order valence-electron chi connectivity index (χ1n) is 6.27. The van der Waals surface area contributed by atoms with Crippen LogP contribution in [0.2, 0.25) is 0 Å². The minimum Gasteiger partial charge on any atom is -0.329 e. The number of alkyl halides is 3. The largest absolute Gasteiger partial charge is 0.416 e. The second-order valence-electron chi connectivity index (χ2n) is 5.80. The summed E-state index contributed by atoms with van der Waals surface area (Å²) in [7, 11) is -4.07. The van der Waals surface area contributed by atoms with Gasteiger partial charge in [-0.1, -0.05) is 26.8 Å². The zero-order chi connectivity index (χ0) is 16.5. The van der Waals surface area contributed by atoms with Gasteiger partial charge in [-0.2, -0.15) is 13.2 Å². The predicted molar refractivity (Wildman–Crippen MR) is 74.1 cm³/mol. The van der Waals surface area contributed by atoms with Gasteiger partial charge in [-0.15, -0.1) is 0 Å². The predicted octanol–water partition coefficient (Wildman–Crippen LogP) is 2.36. The molecule has 0 aliphatic rings. The van der Waals surface area contributed by atoms with Crippen LogP contribution in [-0.4, -0.2) is 21.0 Å². The van der Waals surface area contributed by atoms with Crippen molar-refractivity contribution in [2.24, 2.45) is 11.1 Å². The summed E-state index contributed by atoms with van der Waals surface area (Å²) in [5.74, 6) is 0. The molecule has 3 N–H and O–H groups in total. The molecule has 0 heterocycles. The SMILES string of the molecule is CC(C)(C)C(CN)NS(=O)(=O)c1cccc(C(F)(F)F)c1. The third-order valence-electron chi connectivity index (χ3n) is 3.05. The number of sulfonamides is 1. The quantitative estimate of drug-likeness (QED) is 0.893. The Hall–Kier alpha value is -1.12. The third-order valence-corrected chi connectivity index (χ3v) is 4.52. The van der Waals surface area contributed by atoms with E-state index >= 15 is 0 Å². The highest BCUT2D eigenvalue weighted by molar-refractivity contribution is 7.89. The topological polar surface area (TPSA) is 72.2 Å².